The molecule has 0 atom stereocenters. The Morgan fingerprint density at radius 3 is 2.73 bits per heavy atom. The fraction of sp³-hybridized carbons (Fsp3) is 0.400. The first kappa shape index (κ1) is 15.6. The number of halogens is 1. The second-order valence-electron chi connectivity index (χ2n) is 7.72. The van der Waals surface area contributed by atoms with Gasteiger partial charge in [0, 0.05) is 44.3 Å². The van der Waals surface area contributed by atoms with Gasteiger partial charge < -0.3 is 14.7 Å². The molecule has 1 spiro atoms. The van der Waals surface area contributed by atoms with E-state index in [4.69, 9.17) is 0 Å². The average molecular weight is 351 g/mol. The van der Waals surface area contributed by atoms with Gasteiger partial charge in [-0.15, -0.1) is 0 Å². The molecule has 0 bridgehead atoms. The van der Waals surface area contributed by atoms with Gasteiger partial charge in [-0.1, -0.05) is 6.58 Å². The first-order chi connectivity index (χ1) is 12.6. The van der Waals surface area contributed by atoms with Gasteiger partial charge in [-0.3, -0.25) is 4.98 Å². The van der Waals surface area contributed by atoms with Crippen molar-refractivity contribution >= 4 is 11.5 Å². The molecule has 0 unspecified atom stereocenters. The van der Waals surface area contributed by atoms with Crippen LogP contribution >= 0.6 is 0 Å². The van der Waals surface area contributed by atoms with Crippen molar-refractivity contribution in [2.24, 2.45) is 5.41 Å². The number of aromatic nitrogens is 2. The predicted octanol–water partition coefficient (Wildman–Crippen LogP) is 2.66. The first-order valence-corrected chi connectivity index (χ1v) is 9.14. The summed E-state index contributed by atoms with van der Waals surface area (Å²) in [5, 5.41) is 0. The standard InChI is InChI=1S/C20H22FN5/c1-15(26-8-2-3-16-6-7-22-10-18(16)26)24-11-20(12-24)13-25(14-20)19-5-4-17(21)9-23-19/h4-7,9-10H,1-3,8,11-14H2. The topological polar surface area (TPSA) is 35.5 Å². The van der Waals surface area contributed by atoms with E-state index in [0.29, 0.717) is 5.41 Å². The third-order valence-electron chi connectivity index (χ3n) is 5.82. The summed E-state index contributed by atoms with van der Waals surface area (Å²) < 4.78 is 13.0. The van der Waals surface area contributed by atoms with E-state index >= 15 is 0 Å². The first-order valence-electron chi connectivity index (χ1n) is 9.14. The van der Waals surface area contributed by atoms with Crippen LogP contribution in [0.3, 0.4) is 0 Å². The molecule has 3 aliphatic rings. The Morgan fingerprint density at radius 1 is 1.12 bits per heavy atom. The van der Waals surface area contributed by atoms with E-state index in [2.05, 4.69) is 37.3 Å². The molecule has 0 amide bonds. The van der Waals surface area contributed by atoms with E-state index < -0.39 is 0 Å². The summed E-state index contributed by atoms with van der Waals surface area (Å²) >= 11 is 0. The van der Waals surface area contributed by atoms with Crippen LogP contribution in [-0.4, -0.2) is 47.6 Å². The normalized spacial score (nSPS) is 20.4. The zero-order valence-corrected chi connectivity index (χ0v) is 14.7. The molecule has 0 N–H and O–H groups in total. The summed E-state index contributed by atoms with van der Waals surface area (Å²) in [6.45, 7) is 9.38. The van der Waals surface area contributed by atoms with Crippen LogP contribution in [-0.2, 0) is 6.42 Å². The summed E-state index contributed by atoms with van der Waals surface area (Å²) in [5.74, 6) is 1.67. The van der Waals surface area contributed by atoms with Gasteiger partial charge in [0.1, 0.15) is 17.5 Å². The summed E-state index contributed by atoms with van der Waals surface area (Å²) in [6.07, 6.45) is 7.39. The summed E-state index contributed by atoms with van der Waals surface area (Å²) in [7, 11) is 0. The van der Waals surface area contributed by atoms with Crippen LogP contribution < -0.4 is 9.80 Å². The third kappa shape index (κ3) is 2.43. The molecule has 0 aliphatic carbocycles. The second kappa shape index (κ2) is 5.69. The van der Waals surface area contributed by atoms with E-state index in [9.17, 15) is 4.39 Å². The lowest BCUT2D eigenvalue weighted by Crippen LogP contribution is -2.72. The van der Waals surface area contributed by atoms with Crippen LogP contribution in [0.4, 0.5) is 15.9 Å². The zero-order valence-electron chi connectivity index (χ0n) is 14.7. The highest BCUT2D eigenvalue weighted by Crippen LogP contribution is 2.44. The highest BCUT2D eigenvalue weighted by Gasteiger charge is 2.53. The highest BCUT2D eigenvalue weighted by atomic mass is 19.1. The van der Waals surface area contributed by atoms with Crippen LogP contribution in [0, 0.1) is 11.2 Å². The van der Waals surface area contributed by atoms with Gasteiger partial charge in [0.15, 0.2) is 0 Å². The molecule has 2 saturated heterocycles. The molecule has 0 aromatic carbocycles. The molecule has 3 aliphatic heterocycles. The number of rotatable bonds is 3. The Balaban J connectivity index is 1.22. The molecular weight excluding hydrogens is 329 g/mol. The van der Waals surface area contributed by atoms with E-state index in [-0.39, 0.29) is 5.82 Å². The number of likely N-dealkylation sites (tertiary alicyclic amines) is 1. The minimum Gasteiger partial charge on any atom is -0.357 e. The summed E-state index contributed by atoms with van der Waals surface area (Å²) in [5.41, 5.74) is 2.89. The van der Waals surface area contributed by atoms with Crippen LogP contribution in [0.5, 0.6) is 0 Å². The highest BCUT2D eigenvalue weighted by molar-refractivity contribution is 5.58. The molecule has 2 aromatic rings. The maximum Gasteiger partial charge on any atom is 0.141 e. The van der Waals surface area contributed by atoms with Crippen molar-refractivity contribution in [2.45, 2.75) is 12.8 Å². The fourth-order valence-electron chi connectivity index (χ4n) is 4.48. The van der Waals surface area contributed by atoms with E-state index in [1.54, 1.807) is 6.07 Å². The Labute approximate surface area is 152 Å². The lowest BCUT2D eigenvalue weighted by Gasteiger charge is -2.62. The molecule has 0 radical (unpaired) electrons. The third-order valence-corrected chi connectivity index (χ3v) is 5.82. The van der Waals surface area contributed by atoms with Crippen molar-refractivity contribution in [3.05, 3.63) is 60.6 Å². The van der Waals surface area contributed by atoms with Crippen LogP contribution in [0.15, 0.2) is 49.2 Å². The quantitative estimate of drug-likeness (QED) is 0.850. The van der Waals surface area contributed by atoms with Gasteiger partial charge in [0.2, 0.25) is 0 Å². The van der Waals surface area contributed by atoms with Crippen molar-refractivity contribution in [3.63, 3.8) is 0 Å². The monoisotopic (exact) mass is 351 g/mol. The van der Waals surface area contributed by atoms with Crippen molar-refractivity contribution < 1.29 is 4.39 Å². The lowest BCUT2D eigenvalue weighted by molar-refractivity contribution is 0.00143. The van der Waals surface area contributed by atoms with Crippen LogP contribution in [0.2, 0.25) is 0 Å². The van der Waals surface area contributed by atoms with Crippen LogP contribution in [0.1, 0.15) is 12.0 Å². The Morgan fingerprint density at radius 2 is 1.96 bits per heavy atom. The molecule has 5 heterocycles. The van der Waals surface area contributed by atoms with Crippen LogP contribution in [0.25, 0.3) is 0 Å². The maximum atomic E-state index is 13.0. The number of hydrogen-bond donors (Lipinski definition) is 0. The van der Waals surface area contributed by atoms with E-state index in [1.807, 2.05) is 12.4 Å². The predicted molar refractivity (Wildman–Crippen MR) is 99.5 cm³/mol. The number of pyridine rings is 2. The van der Waals surface area contributed by atoms with E-state index in [0.717, 1.165) is 57.2 Å². The molecule has 5 nitrogen and oxygen atoms in total. The number of fused-ring (bicyclic) bond motifs is 1. The van der Waals surface area contributed by atoms with Gasteiger partial charge >= 0.3 is 0 Å². The lowest BCUT2D eigenvalue weighted by atomic mass is 9.73. The molecule has 6 heteroatoms. The van der Waals surface area contributed by atoms with Gasteiger partial charge in [-0.05, 0) is 36.6 Å². The Bertz CT molecular complexity index is 836. The zero-order chi connectivity index (χ0) is 17.7. The SMILES string of the molecule is C=C(N1CC2(C1)CN(c1ccc(F)cn1)C2)N1CCCc2ccncc21. The minimum absolute atomic E-state index is 0.286. The Hall–Kier alpha value is -2.63. The minimum atomic E-state index is -0.286. The number of anilines is 2. The molecule has 134 valence electrons. The number of nitrogens with zero attached hydrogens (tertiary/aromatic N) is 5. The summed E-state index contributed by atoms with van der Waals surface area (Å²) in [6, 6.07) is 5.35. The summed E-state index contributed by atoms with van der Waals surface area (Å²) in [4.78, 5) is 15.4. The maximum absolute atomic E-state index is 13.0. The molecular formula is C20H22FN5. The number of hydrogen-bond acceptors (Lipinski definition) is 5. The second-order valence-corrected chi connectivity index (χ2v) is 7.72. The molecule has 5 rings (SSSR count). The van der Waals surface area contributed by atoms with Crippen molar-refractivity contribution in [2.75, 3.05) is 42.5 Å². The smallest absolute Gasteiger partial charge is 0.141 e. The Kier molecular flexibility index (Phi) is 3.42. The van der Waals surface area contributed by atoms with Crippen molar-refractivity contribution in [1.82, 2.24) is 14.9 Å². The average Bonchev–Trinajstić information content (AvgIpc) is 2.60. The molecule has 2 aromatic heterocycles. The van der Waals surface area contributed by atoms with Crippen molar-refractivity contribution in [3.8, 4) is 0 Å². The largest absolute Gasteiger partial charge is 0.357 e. The molecule has 26 heavy (non-hydrogen) atoms. The van der Waals surface area contributed by atoms with Gasteiger partial charge in [0.25, 0.3) is 0 Å². The van der Waals surface area contributed by atoms with Gasteiger partial charge in [-0.2, -0.15) is 0 Å². The van der Waals surface area contributed by atoms with Gasteiger partial charge in [-0.25, -0.2) is 9.37 Å². The number of aryl methyl sites for hydroxylation is 1. The van der Waals surface area contributed by atoms with Crippen molar-refractivity contribution in [1.29, 1.82) is 0 Å². The van der Waals surface area contributed by atoms with Gasteiger partial charge in [0.05, 0.1) is 18.1 Å². The fourth-order valence-corrected chi connectivity index (χ4v) is 4.48. The molecule has 0 saturated carbocycles. The molecule has 2 fully saturated rings. The van der Waals surface area contributed by atoms with E-state index in [1.165, 1.54) is 23.5 Å².